The fourth-order valence-corrected chi connectivity index (χ4v) is 4.71. The number of aliphatic carboxylic acids is 1. The molecular formula is C24H32N2O4. The van der Waals surface area contributed by atoms with E-state index in [0.29, 0.717) is 12.8 Å². The van der Waals surface area contributed by atoms with Crippen molar-refractivity contribution in [1.29, 1.82) is 0 Å². The Morgan fingerprint density at radius 1 is 0.833 bits per heavy atom. The van der Waals surface area contributed by atoms with Gasteiger partial charge >= 0.3 is 5.97 Å². The number of fused-ring (bicyclic) bond motifs is 1. The van der Waals surface area contributed by atoms with Crippen LogP contribution in [0.3, 0.4) is 0 Å². The van der Waals surface area contributed by atoms with E-state index in [1.807, 2.05) is 24.3 Å². The first-order valence-corrected chi connectivity index (χ1v) is 11.0. The van der Waals surface area contributed by atoms with Crippen LogP contribution < -0.4 is 0 Å². The van der Waals surface area contributed by atoms with E-state index in [4.69, 9.17) is 9.47 Å². The quantitative estimate of drug-likeness (QED) is 0.719. The number of ether oxygens (including phenoxy) is 2. The third-order valence-electron chi connectivity index (χ3n) is 6.63. The highest BCUT2D eigenvalue weighted by Crippen LogP contribution is 2.37. The normalized spacial score (nSPS) is 19.2. The Kier molecular flexibility index (Phi) is 7.00. The van der Waals surface area contributed by atoms with E-state index in [1.54, 1.807) is 0 Å². The molecule has 0 bridgehead atoms. The highest BCUT2D eigenvalue weighted by atomic mass is 16.5. The predicted octanol–water partition coefficient (Wildman–Crippen LogP) is 2.61. The van der Waals surface area contributed by atoms with Crippen LogP contribution in [0.2, 0.25) is 0 Å². The van der Waals surface area contributed by atoms with Crippen molar-refractivity contribution >= 4 is 16.7 Å². The first kappa shape index (κ1) is 21.2. The lowest BCUT2D eigenvalue weighted by atomic mass is 9.72. The minimum absolute atomic E-state index is 0.598. The van der Waals surface area contributed by atoms with E-state index in [-0.39, 0.29) is 0 Å². The number of hydrogen-bond acceptors (Lipinski definition) is 5. The Morgan fingerprint density at radius 2 is 1.37 bits per heavy atom. The fourth-order valence-electron chi connectivity index (χ4n) is 4.71. The maximum Gasteiger partial charge on any atom is 0.314 e. The zero-order chi connectivity index (χ0) is 20.8. The molecule has 0 aliphatic carbocycles. The van der Waals surface area contributed by atoms with Gasteiger partial charge < -0.3 is 14.6 Å². The maximum atomic E-state index is 12.9. The van der Waals surface area contributed by atoms with Gasteiger partial charge in [-0.05, 0) is 42.3 Å². The predicted molar refractivity (Wildman–Crippen MR) is 117 cm³/mol. The lowest BCUT2D eigenvalue weighted by Gasteiger charge is -2.37. The van der Waals surface area contributed by atoms with Gasteiger partial charge in [0.2, 0.25) is 0 Å². The second-order valence-electron chi connectivity index (χ2n) is 8.32. The summed E-state index contributed by atoms with van der Waals surface area (Å²) in [6.45, 7) is 7.91. The maximum absolute atomic E-state index is 12.9. The van der Waals surface area contributed by atoms with Gasteiger partial charge in [0.05, 0.1) is 31.8 Å². The van der Waals surface area contributed by atoms with E-state index in [1.165, 1.54) is 0 Å². The summed E-state index contributed by atoms with van der Waals surface area (Å²) < 4.78 is 10.9. The number of hydrogen-bond donors (Lipinski definition) is 1. The van der Waals surface area contributed by atoms with Crippen LogP contribution in [0.25, 0.3) is 10.8 Å². The third-order valence-corrected chi connectivity index (χ3v) is 6.63. The smallest absolute Gasteiger partial charge is 0.314 e. The largest absolute Gasteiger partial charge is 0.481 e. The molecule has 2 aliphatic rings. The zero-order valence-corrected chi connectivity index (χ0v) is 17.6. The molecule has 2 aromatic rings. The van der Waals surface area contributed by atoms with Crippen LogP contribution in [0.15, 0.2) is 42.5 Å². The summed E-state index contributed by atoms with van der Waals surface area (Å²) in [5.74, 6) is -0.722. The lowest BCUT2D eigenvalue weighted by molar-refractivity contribution is -0.145. The second-order valence-corrected chi connectivity index (χ2v) is 8.32. The Balaban J connectivity index is 1.66. The molecule has 0 spiro atoms. The van der Waals surface area contributed by atoms with E-state index in [9.17, 15) is 9.90 Å². The average molecular weight is 413 g/mol. The lowest BCUT2D eigenvalue weighted by Crippen LogP contribution is -2.46. The number of carbonyl (C=O) groups is 1. The number of benzene rings is 2. The molecule has 0 unspecified atom stereocenters. The molecule has 0 amide bonds. The summed E-state index contributed by atoms with van der Waals surface area (Å²) in [7, 11) is 0. The van der Waals surface area contributed by atoms with Crippen LogP contribution in [0, 0.1) is 0 Å². The minimum Gasteiger partial charge on any atom is -0.481 e. The van der Waals surface area contributed by atoms with Gasteiger partial charge in [0, 0.05) is 26.2 Å². The molecule has 162 valence electrons. The highest BCUT2D eigenvalue weighted by Gasteiger charge is 2.41. The second kappa shape index (κ2) is 9.88. The molecule has 2 aliphatic heterocycles. The molecule has 2 fully saturated rings. The summed E-state index contributed by atoms with van der Waals surface area (Å²) in [6, 6.07) is 14.2. The molecule has 1 N–H and O–H groups in total. The van der Waals surface area contributed by atoms with Crippen LogP contribution in [-0.4, -0.2) is 86.6 Å². The third kappa shape index (κ3) is 4.67. The van der Waals surface area contributed by atoms with E-state index in [0.717, 1.165) is 82.0 Å². The molecule has 6 heteroatoms. The van der Waals surface area contributed by atoms with Crippen molar-refractivity contribution in [3.05, 3.63) is 48.0 Å². The topological polar surface area (TPSA) is 62.2 Å². The van der Waals surface area contributed by atoms with Crippen LogP contribution in [0.4, 0.5) is 0 Å². The summed E-state index contributed by atoms with van der Waals surface area (Å²) in [5, 5.41) is 12.8. The summed E-state index contributed by atoms with van der Waals surface area (Å²) in [6.07, 6.45) is 1.20. The average Bonchev–Trinajstić information content (AvgIpc) is 2.80. The number of nitrogens with zero attached hydrogens (tertiary/aromatic N) is 2. The van der Waals surface area contributed by atoms with Gasteiger partial charge in [-0.3, -0.25) is 14.6 Å². The fraction of sp³-hybridized carbons (Fsp3) is 0.542. The molecule has 6 nitrogen and oxygen atoms in total. The molecule has 2 aromatic carbocycles. The molecule has 4 rings (SSSR count). The van der Waals surface area contributed by atoms with Gasteiger partial charge in [0.1, 0.15) is 0 Å². The van der Waals surface area contributed by atoms with E-state index < -0.39 is 11.4 Å². The zero-order valence-electron chi connectivity index (χ0n) is 17.6. The van der Waals surface area contributed by atoms with Crippen molar-refractivity contribution in [2.45, 2.75) is 18.3 Å². The summed E-state index contributed by atoms with van der Waals surface area (Å²) in [4.78, 5) is 17.6. The van der Waals surface area contributed by atoms with Gasteiger partial charge in [-0.1, -0.05) is 42.5 Å². The van der Waals surface area contributed by atoms with Crippen LogP contribution >= 0.6 is 0 Å². The SMILES string of the molecule is O=C(O)C(CCN1CCOCC1)(CCN1CCOCC1)c1cccc2ccccc12. The van der Waals surface area contributed by atoms with Gasteiger partial charge in [0.15, 0.2) is 0 Å². The van der Waals surface area contributed by atoms with Gasteiger partial charge in [-0.15, -0.1) is 0 Å². The number of morpholine rings is 2. The first-order valence-electron chi connectivity index (χ1n) is 11.0. The van der Waals surface area contributed by atoms with Crippen molar-refractivity contribution in [2.75, 3.05) is 65.7 Å². The Bertz CT molecular complexity index is 817. The molecule has 0 aromatic heterocycles. The Morgan fingerprint density at radius 3 is 1.93 bits per heavy atom. The Hall–Kier alpha value is -1.99. The number of rotatable bonds is 8. The molecule has 2 saturated heterocycles. The summed E-state index contributed by atoms with van der Waals surface area (Å²) >= 11 is 0. The van der Waals surface area contributed by atoms with Crippen molar-refractivity contribution < 1.29 is 19.4 Å². The van der Waals surface area contributed by atoms with Crippen LogP contribution in [0.1, 0.15) is 18.4 Å². The van der Waals surface area contributed by atoms with Crippen molar-refractivity contribution in [3.8, 4) is 0 Å². The van der Waals surface area contributed by atoms with E-state index in [2.05, 4.69) is 28.0 Å². The number of carboxylic acids is 1. The molecule has 0 atom stereocenters. The standard InChI is InChI=1S/C24H32N2O4/c27-23(28)24(8-10-25-12-16-29-17-13-25,9-11-26-14-18-30-19-15-26)22-7-3-5-20-4-1-2-6-21(20)22/h1-7H,8-19H2,(H,27,28). The van der Waals surface area contributed by atoms with Crippen molar-refractivity contribution in [3.63, 3.8) is 0 Å². The minimum atomic E-state index is -0.919. The van der Waals surface area contributed by atoms with Crippen LogP contribution in [-0.2, 0) is 19.7 Å². The molecular weight excluding hydrogens is 380 g/mol. The van der Waals surface area contributed by atoms with Crippen molar-refractivity contribution in [2.24, 2.45) is 0 Å². The van der Waals surface area contributed by atoms with Gasteiger partial charge in [0.25, 0.3) is 0 Å². The highest BCUT2D eigenvalue weighted by molar-refractivity contribution is 5.93. The van der Waals surface area contributed by atoms with Crippen LogP contribution in [0.5, 0.6) is 0 Å². The number of carboxylic acid groups (broad SMARTS) is 1. The van der Waals surface area contributed by atoms with E-state index >= 15 is 0 Å². The monoisotopic (exact) mass is 412 g/mol. The summed E-state index contributed by atoms with van der Waals surface area (Å²) in [5.41, 5.74) is 0.0203. The molecule has 2 heterocycles. The van der Waals surface area contributed by atoms with Gasteiger partial charge in [-0.25, -0.2) is 0 Å². The molecule has 0 radical (unpaired) electrons. The van der Waals surface area contributed by atoms with Gasteiger partial charge in [-0.2, -0.15) is 0 Å². The molecule has 30 heavy (non-hydrogen) atoms. The van der Waals surface area contributed by atoms with Crippen molar-refractivity contribution in [1.82, 2.24) is 9.80 Å². The molecule has 0 saturated carbocycles. The first-order chi connectivity index (χ1) is 14.7. The Labute approximate surface area is 178 Å².